The molecule has 2 aliphatic rings. The quantitative estimate of drug-likeness (QED) is 0.130. The molecule has 1 aliphatic carbocycles. The number of carboxylic acid groups (broad SMARTS) is 1. The standard InChI is InChI=1S/C51H59N5O12S/c1-5-29(2)39-24-43(58)41(56-51(65)68-28-40-37-12-8-6-10-35(37)36-11-7-9-13-38(36)40)21-30-14-16-44(66-3)32(20-30)23-34-26-53-46(69-34)18-17-45(59)52-27-42(50(63)64)55-48(61)31(15-19-47(60)67-4)22-33(57)25-54-49(39)62/h6-14,16,20,26,29,31,39-42H,5,15,17-19,21-25,27-28H2,1-4H3,(H,52,59)(H,54,62)(H,55,61)(H,56,65)(H,63,64)/t29?,31-,39+,41+,42?/m1/s1. The number of Topliss-reactive ketones (excluding diaryl/α,β-unsaturated/α-hetero) is 2. The normalized spacial score (nSPS) is 20.3. The molecule has 2 unspecified atom stereocenters. The van der Waals surface area contributed by atoms with Crippen molar-refractivity contribution in [3.8, 4) is 16.9 Å². The maximum absolute atomic E-state index is 14.6. The fraction of sp³-hybridized carbons (Fsp3) is 0.431. The Labute approximate surface area is 404 Å². The van der Waals surface area contributed by atoms with Crippen molar-refractivity contribution in [2.75, 3.05) is 33.9 Å². The maximum Gasteiger partial charge on any atom is 0.407 e. The van der Waals surface area contributed by atoms with Gasteiger partial charge in [-0.3, -0.25) is 28.8 Å². The summed E-state index contributed by atoms with van der Waals surface area (Å²) in [7, 11) is 2.71. The van der Waals surface area contributed by atoms with E-state index in [-0.39, 0.29) is 57.0 Å². The Morgan fingerprint density at radius 2 is 1.61 bits per heavy atom. The van der Waals surface area contributed by atoms with E-state index in [1.54, 1.807) is 32.4 Å². The number of nitrogens with one attached hydrogen (secondary N) is 4. The molecule has 4 bridgehead atoms. The second-order valence-electron chi connectivity index (χ2n) is 17.4. The Bertz CT molecular complexity index is 2500. The van der Waals surface area contributed by atoms with Crippen molar-refractivity contribution in [1.29, 1.82) is 0 Å². The number of thiazole rings is 1. The largest absolute Gasteiger partial charge is 0.496 e. The van der Waals surface area contributed by atoms with Gasteiger partial charge in [-0.2, -0.15) is 0 Å². The van der Waals surface area contributed by atoms with E-state index in [1.165, 1.54) is 11.3 Å². The van der Waals surface area contributed by atoms with Crippen LogP contribution in [0.25, 0.3) is 11.1 Å². The lowest BCUT2D eigenvalue weighted by atomic mass is 9.84. The van der Waals surface area contributed by atoms with Crippen LogP contribution in [0.5, 0.6) is 5.75 Å². The summed E-state index contributed by atoms with van der Waals surface area (Å²) in [6, 6.07) is 18.6. The lowest BCUT2D eigenvalue weighted by Crippen LogP contribution is -2.50. The van der Waals surface area contributed by atoms with Crippen molar-refractivity contribution in [3.63, 3.8) is 0 Å². The molecule has 1 aromatic heterocycles. The number of aliphatic carboxylic acids is 1. The molecule has 18 heteroatoms. The van der Waals surface area contributed by atoms with Crippen LogP contribution in [0, 0.1) is 17.8 Å². The van der Waals surface area contributed by atoms with Gasteiger partial charge in [0.2, 0.25) is 17.7 Å². The number of fused-ring (bicyclic) bond motifs is 7. The number of rotatable bonds is 10. The number of benzene rings is 3. The number of hydrogen-bond acceptors (Lipinski definition) is 13. The first-order valence-corrected chi connectivity index (χ1v) is 23.9. The van der Waals surface area contributed by atoms with E-state index in [0.717, 1.165) is 39.8 Å². The molecular formula is C51H59N5O12S. The Morgan fingerprint density at radius 3 is 2.28 bits per heavy atom. The second-order valence-corrected chi connectivity index (χ2v) is 18.6. The molecule has 6 rings (SSSR count). The molecule has 0 fully saturated rings. The zero-order chi connectivity index (χ0) is 49.6. The predicted molar refractivity (Wildman–Crippen MR) is 254 cm³/mol. The van der Waals surface area contributed by atoms with Crippen LogP contribution < -0.4 is 26.0 Å². The average Bonchev–Trinajstić information content (AvgIpc) is 3.94. The van der Waals surface area contributed by atoms with Crippen LogP contribution >= 0.6 is 11.3 Å². The molecule has 5 atom stereocenters. The maximum atomic E-state index is 14.6. The third-order valence-electron chi connectivity index (χ3n) is 12.8. The molecule has 4 amide bonds. The smallest absolute Gasteiger partial charge is 0.407 e. The molecule has 3 aromatic carbocycles. The number of esters is 1. The number of hydrogen-bond donors (Lipinski definition) is 5. The molecule has 2 heterocycles. The first-order chi connectivity index (χ1) is 33.2. The third-order valence-corrected chi connectivity index (χ3v) is 13.8. The summed E-state index contributed by atoms with van der Waals surface area (Å²) in [6.45, 7) is 2.69. The highest BCUT2D eigenvalue weighted by atomic mass is 32.1. The number of nitrogens with zero attached hydrogens (tertiary/aromatic N) is 1. The molecule has 4 aromatic rings. The van der Waals surface area contributed by atoms with Gasteiger partial charge in [-0.1, -0.05) is 80.9 Å². The van der Waals surface area contributed by atoms with Crippen molar-refractivity contribution < 1.29 is 57.7 Å². The van der Waals surface area contributed by atoms with E-state index in [1.807, 2.05) is 61.5 Å². The number of ether oxygens (including phenoxy) is 3. The highest BCUT2D eigenvalue weighted by molar-refractivity contribution is 7.11. The van der Waals surface area contributed by atoms with Crippen LogP contribution in [0.4, 0.5) is 4.79 Å². The summed E-state index contributed by atoms with van der Waals surface area (Å²) in [4.78, 5) is 112. The van der Waals surface area contributed by atoms with E-state index < -0.39 is 90.7 Å². The highest BCUT2D eigenvalue weighted by Gasteiger charge is 2.34. The number of carboxylic acids is 1. The number of alkyl carbamates (subject to hydrolysis) is 1. The molecule has 17 nitrogen and oxygen atoms in total. The number of ketones is 2. The first-order valence-electron chi connectivity index (χ1n) is 23.1. The minimum absolute atomic E-state index is 0.00619. The highest BCUT2D eigenvalue weighted by Crippen LogP contribution is 2.44. The van der Waals surface area contributed by atoms with Gasteiger partial charge < -0.3 is 40.6 Å². The zero-order valence-electron chi connectivity index (χ0n) is 39.2. The van der Waals surface area contributed by atoms with Crippen LogP contribution in [-0.4, -0.2) is 103 Å². The summed E-state index contributed by atoms with van der Waals surface area (Å²) in [5.41, 5.74) is 5.61. The second kappa shape index (κ2) is 24.4. The van der Waals surface area contributed by atoms with Crippen LogP contribution in [0.1, 0.15) is 90.4 Å². The molecule has 0 saturated carbocycles. The van der Waals surface area contributed by atoms with Crippen LogP contribution in [0.3, 0.4) is 0 Å². The zero-order valence-corrected chi connectivity index (χ0v) is 40.0. The summed E-state index contributed by atoms with van der Waals surface area (Å²) >= 11 is 1.38. The summed E-state index contributed by atoms with van der Waals surface area (Å²) in [5, 5.41) is 20.9. The Kier molecular flexibility index (Phi) is 18.2. The van der Waals surface area contributed by atoms with Crippen LogP contribution in [0.15, 0.2) is 72.9 Å². The third kappa shape index (κ3) is 13.8. The van der Waals surface area contributed by atoms with Gasteiger partial charge in [-0.05, 0) is 58.2 Å². The number of carbonyl (C=O) groups is 8. The Morgan fingerprint density at radius 1 is 0.899 bits per heavy atom. The summed E-state index contributed by atoms with van der Waals surface area (Å²) in [6.07, 6.45) is 0.798. The Balaban J connectivity index is 1.28. The van der Waals surface area contributed by atoms with Gasteiger partial charge in [0.25, 0.3) is 0 Å². The van der Waals surface area contributed by atoms with Crippen molar-refractivity contribution in [3.05, 3.63) is 105 Å². The topological polar surface area (TPSA) is 245 Å². The Hall–Kier alpha value is -6.95. The molecule has 1 aliphatic heterocycles. The molecule has 0 saturated heterocycles. The number of methoxy groups -OCH3 is 2. The summed E-state index contributed by atoms with van der Waals surface area (Å²) < 4.78 is 16.3. The summed E-state index contributed by atoms with van der Waals surface area (Å²) in [5.74, 6) is -7.21. The van der Waals surface area contributed by atoms with Gasteiger partial charge in [0.05, 0.1) is 31.8 Å². The van der Waals surface area contributed by atoms with Crippen molar-refractivity contribution in [2.45, 2.75) is 89.6 Å². The number of amides is 4. The lowest BCUT2D eigenvalue weighted by Gasteiger charge is -2.25. The van der Waals surface area contributed by atoms with Gasteiger partial charge in [-0.15, -0.1) is 11.3 Å². The van der Waals surface area contributed by atoms with E-state index in [4.69, 9.17) is 14.2 Å². The lowest BCUT2D eigenvalue weighted by molar-refractivity contribution is -0.144. The molecular weight excluding hydrogens is 907 g/mol. The minimum atomic E-state index is -1.57. The fourth-order valence-corrected chi connectivity index (χ4v) is 9.63. The van der Waals surface area contributed by atoms with Crippen molar-refractivity contribution in [2.24, 2.45) is 17.8 Å². The molecule has 5 N–H and O–H groups in total. The van der Waals surface area contributed by atoms with Crippen LogP contribution in [-0.2, 0) is 62.3 Å². The molecule has 0 radical (unpaired) electrons. The molecule has 69 heavy (non-hydrogen) atoms. The number of carbonyl (C=O) groups excluding carboxylic acids is 7. The number of aromatic nitrogens is 1. The van der Waals surface area contributed by atoms with E-state index in [0.29, 0.717) is 29.2 Å². The SMILES string of the molecule is CCC(C)[C@@H]1CC(=O)[C@@H](NC(=O)OCC2c3ccccc3-c3ccccc32)Cc2ccc(OC)c(c2)Cc2cnc(s2)CCC(=O)NCC(C(=O)O)NC(=O)[C@H](CCC(=O)OC)CC(=O)CNC1=O. The van der Waals surface area contributed by atoms with Gasteiger partial charge in [0, 0.05) is 73.9 Å². The van der Waals surface area contributed by atoms with Crippen molar-refractivity contribution >= 4 is 58.7 Å². The van der Waals surface area contributed by atoms with Gasteiger partial charge >= 0.3 is 18.0 Å². The molecule has 0 spiro atoms. The van der Waals surface area contributed by atoms with E-state index in [2.05, 4.69) is 26.3 Å². The average molecular weight is 966 g/mol. The number of aryl methyl sites for hydroxylation is 1. The van der Waals surface area contributed by atoms with Crippen LogP contribution in [0.2, 0.25) is 0 Å². The van der Waals surface area contributed by atoms with E-state index >= 15 is 0 Å². The van der Waals surface area contributed by atoms with Crippen molar-refractivity contribution in [1.82, 2.24) is 26.3 Å². The predicted octanol–water partition coefficient (Wildman–Crippen LogP) is 5.09. The van der Waals surface area contributed by atoms with E-state index in [9.17, 15) is 43.5 Å². The monoisotopic (exact) mass is 965 g/mol. The van der Waals surface area contributed by atoms with Gasteiger partial charge in [0.1, 0.15) is 18.4 Å². The van der Waals surface area contributed by atoms with Gasteiger partial charge in [0.15, 0.2) is 11.6 Å². The van der Waals surface area contributed by atoms with Gasteiger partial charge in [-0.25, -0.2) is 14.6 Å². The fourth-order valence-electron chi connectivity index (χ4n) is 8.69. The minimum Gasteiger partial charge on any atom is -0.496 e. The first kappa shape index (κ1) is 51.4. The molecule has 366 valence electrons.